The van der Waals surface area contributed by atoms with Crippen LogP contribution in [0, 0.1) is 5.92 Å². The summed E-state index contributed by atoms with van der Waals surface area (Å²) in [6, 6.07) is 4.73. The van der Waals surface area contributed by atoms with Gasteiger partial charge in [-0.2, -0.15) is 0 Å². The molecule has 0 aliphatic carbocycles. The van der Waals surface area contributed by atoms with Crippen molar-refractivity contribution in [3.63, 3.8) is 0 Å². The number of carbonyl (C=O) groups is 2. The fourth-order valence-corrected chi connectivity index (χ4v) is 2.26. The molecule has 0 bridgehead atoms. The van der Waals surface area contributed by atoms with Gasteiger partial charge < -0.3 is 19.9 Å². The number of phenolic OH excluding ortho intramolecular Hbond substituents is 1. The Morgan fingerprint density at radius 1 is 1.39 bits per heavy atom. The van der Waals surface area contributed by atoms with Crippen molar-refractivity contribution < 1.29 is 24.2 Å². The number of aromatic hydroxyl groups is 1. The van der Waals surface area contributed by atoms with Gasteiger partial charge in [0.05, 0.1) is 18.9 Å². The Kier molecular flexibility index (Phi) is 5.05. The topological polar surface area (TPSA) is 84.9 Å². The third-order valence-electron chi connectivity index (χ3n) is 3.29. The minimum Gasteiger partial charge on any atom is -0.504 e. The molecule has 23 heavy (non-hydrogen) atoms. The summed E-state index contributed by atoms with van der Waals surface area (Å²) < 4.78 is 10.2. The first-order valence-electron chi connectivity index (χ1n) is 7.32. The Bertz CT molecular complexity index is 678. The number of esters is 1. The van der Waals surface area contributed by atoms with Gasteiger partial charge >= 0.3 is 5.97 Å². The molecule has 1 fully saturated rings. The van der Waals surface area contributed by atoms with Gasteiger partial charge in [-0.1, -0.05) is 12.6 Å². The molecule has 1 aliphatic heterocycles. The van der Waals surface area contributed by atoms with E-state index in [1.165, 1.54) is 6.07 Å². The highest BCUT2D eigenvalue weighted by Gasteiger charge is 2.39. The molecule has 0 amide bonds. The van der Waals surface area contributed by atoms with Crippen LogP contribution in [0.15, 0.2) is 36.2 Å². The molecule has 1 atom stereocenters. The van der Waals surface area contributed by atoms with Gasteiger partial charge in [0.15, 0.2) is 23.2 Å². The zero-order chi connectivity index (χ0) is 17.0. The summed E-state index contributed by atoms with van der Waals surface area (Å²) in [6.07, 6.45) is 1.58. The molecule has 122 valence electrons. The van der Waals surface area contributed by atoms with E-state index < -0.39 is 11.9 Å². The molecule has 1 unspecified atom stereocenters. The van der Waals surface area contributed by atoms with Gasteiger partial charge in [-0.3, -0.25) is 9.59 Å². The average molecular weight is 317 g/mol. The molecule has 2 rings (SSSR count). The molecule has 0 aromatic heterocycles. The summed E-state index contributed by atoms with van der Waals surface area (Å²) in [7, 11) is 0. The number of hydrogen-bond acceptors (Lipinski definition) is 6. The number of ketones is 1. The third-order valence-corrected chi connectivity index (χ3v) is 3.29. The molecular weight excluding hydrogens is 298 g/mol. The van der Waals surface area contributed by atoms with Crippen molar-refractivity contribution in [2.24, 2.45) is 5.92 Å². The Morgan fingerprint density at radius 3 is 2.78 bits per heavy atom. The van der Waals surface area contributed by atoms with E-state index in [2.05, 4.69) is 11.9 Å². The van der Waals surface area contributed by atoms with Crippen molar-refractivity contribution in [3.8, 4) is 11.5 Å². The summed E-state index contributed by atoms with van der Waals surface area (Å²) >= 11 is 0. The quantitative estimate of drug-likeness (QED) is 0.491. The lowest BCUT2D eigenvalue weighted by Crippen LogP contribution is -2.23. The number of nitrogens with one attached hydrogen (secondary N) is 1. The first-order chi connectivity index (χ1) is 11.0. The molecule has 6 heteroatoms. The van der Waals surface area contributed by atoms with E-state index in [1.54, 1.807) is 32.1 Å². The normalized spacial score (nSPS) is 18.9. The van der Waals surface area contributed by atoms with Crippen molar-refractivity contribution in [3.05, 3.63) is 41.7 Å². The number of rotatable bonds is 5. The predicted octanol–water partition coefficient (Wildman–Crippen LogP) is 2.00. The second-order valence-corrected chi connectivity index (χ2v) is 4.92. The van der Waals surface area contributed by atoms with Crippen LogP contribution in [0.25, 0.3) is 6.08 Å². The van der Waals surface area contributed by atoms with E-state index >= 15 is 0 Å². The Labute approximate surface area is 134 Å². The van der Waals surface area contributed by atoms with Crippen LogP contribution in [0.4, 0.5) is 0 Å². The van der Waals surface area contributed by atoms with Gasteiger partial charge in [0.1, 0.15) is 0 Å². The predicted molar refractivity (Wildman–Crippen MR) is 84.7 cm³/mol. The molecule has 1 aromatic rings. The zero-order valence-electron chi connectivity index (χ0n) is 13.1. The SMILES string of the molecule is C=C1NC(=Cc2ccc(O)c(OCC)c2)C(=O)C1C(=O)OCC. The standard InChI is InChI=1S/C17H19NO5/c1-4-22-14-9-11(6-7-13(14)19)8-12-16(20)15(10(3)18-12)17(21)23-5-2/h6-9,15,18-19H,3-5H2,1-2H3. The number of phenols is 1. The van der Waals surface area contributed by atoms with E-state index in [9.17, 15) is 14.7 Å². The summed E-state index contributed by atoms with van der Waals surface area (Å²) in [6.45, 7) is 7.79. The van der Waals surface area contributed by atoms with Crippen LogP contribution >= 0.6 is 0 Å². The van der Waals surface area contributed by atoms with E-state index in [1.807, 2.05) is 0 Å². The largest absolute Gasteiger partial charge is 0.504 e. The summed E-state index contributed by atoms with van der Waals surface area (Å²) in [5.74, 6) is -1.68. The van der Waals surface area contributed by atoms with Crippen molar-refractivity contribution >= 4 is 17.8 Å². The molecule has 2 N–H and O–H groups in total. The van der Waals surface area contributed by atoms with Crippen LogP contribution in [-0.4, -0.2) is 30.1 Å². The van der Waals surface area contributed by atoms with Crippen molar-refractivity contribution in [2.75, 3.05) is 13.2 Å². The second-order valence-electron chi connectivity index (χ2n) is 4.92. The van der Waals surface area contributed by atoms with E-state index in [4.69, 9.17) is 9.47 Å². The van der Waals surface area contributed by atoms with Crippen molar-refractivity contribution in [1.29, 1.82) is 0 Å². The van der Waals surface area contributed by atoms with Gasteiger partial charge in [0.2, 0.25) is 0 Å². The summed E-state index contributed by atoms with van der Waals surface area (Å²) in [5, 5.41) is 12.5. The number of ether oxygens (including phenoxy) is 2. The fourth-order valence-electron chi connectivity index (χ4n) is 2.26. The van der Waals surface area contributed by atoms with Crippen molar-refractivity contribution in [1.82, 2.24) is 5.32 Å². The zero-order valence-corrected chi connectivity index (χ0v) is 13.1. The van der Waals surface area contributed by atoms with Gasteiger partial charge in [-0.05, 0) is 37.6 Å². The lowest BCUT2D eigenvalue weighted by Gasteiger charge is -2.07. The summed E-state index contributed by atoms with van der Waals surface area (Å²) in [5.41, 5.74) is 1.20. The first-order valence-corrected chi connectivity index (χ1v) is 7.32. The minimum atomic E-state index is -1.02. The fraction of sp³-hybridized carbons (Fsp3) is 0.294. The van der Waals surface area contributed by atoms with Gasteiger partial charge in [0, 0.05) is 5.70 Å². The molecule has 0 saturated carbocycles. The van der Waals surface area contributed by atoms with E-state index in [0.29, 0.717) is 23.6 Å². The lowest BCUT2D eigenvalue weighted by atomic mass is 10.0. The maximum Gasteiger partial charge on any atom is 0.322 e. The number of Topliss-reactive ketones (excluding diaryl/α,β-unsaturated/α-hetero) is 1. The van der Waals surface area contributed by atoms with Gasteiger partial charge in [-0.15, -0.1) is 0 Å². The minimum absolute atomic E-state index is 0.0218. The van der Waals surface area contributed by atoms with Gasteiger partial charge in [0.25, 0.3) is 0 Å². The van der Waals surface area contributed by atoms with Crippen molar-refractivity contribution in [2.45, 2.75) is 13.8 Å². The Hall–Kier alpha value is -2.76. The van der Waals surface area contributed by atoms with Crippen LogP contribution in [0.5, 0.6) is 11.5 Å². The van der Waals surface area contributed by atoms with Crippen LogP contribution < -0.4 is 10.1 Å². The average Bonchev–Trinajstić information content (AvgIpc) is 2.77. The highest BCUT2D eigenvalue weighted by molar-refractivity contribution is 6.15. The molecule has 1 aromatic carbocycles. The highest BCUT2D eigenvalue weighted by Crippen LogP contribution is 2.29. The van der Waals surface area contributed by atoms with Crippen LogP contribution in [-0.2, 0) is 14.3 Å². The lowest BCUT2D eigenvalue weighted by molar-refractivity contribution is -0.148. The molecule has 0 spiro atoms. The number of allylic oxidation sites excluding steroid dienone is 1. The number of benzene rings is 1. The van der Waals surface area contributed by atoms with Gasteiger partial charge in [-0.25, -0.2) is 0 Å². The Balaban J connectivity index is 2.27. The molecule has 0 radical (unpaired) electrons. The number of hydrogen-bond donors (Lipinski definition) is 2. The third kappa shape index (κ3) is 3.53. The van der Waals surface area contributed by atoms with E-state index in [-0.39, 0.29) is 23.8 Å². The van der Waals surface area contributed by atoms with Crippen LogP contribution in [0.2, 0.25) is 0 Å². The monoisotopic (exact) mass is 317 g/mol. The smallest absolute Gasteiger partial charge is 0.322 e. The molecule has 6 nitrogen and oxygen atoms in total. The highest BCUT2D eigenvalue weighted by atomic mass is 16.5. The molecule has 1 saturated heterocycles. The number of carbonyl (C=O) groups excluding carboxylic acids is 2. The molecular formula is C17H19NO5. The maximum atomic E-state index is 12.3. The van der Waals surface area contributed by atoms with E-state index in [0.717, 1.165) is 0 Å². The first kappa shape index (κ1) is 16.6. The summed E-state index contributed by atoms with van der Waals surface area (Å²) in [4.78, 5) is 24.2. The molecule has 1 aliphatic rings. The van der Waals surface area contributed by atoms with Crippen LogP contribution in [0.3, 0.4) is 0 Å². The molecule has 1 heterocycles. The Morgan fingerprint density at radius 2 is 2.13 bits per heavy atom. The van der Waals surface area contributed by atoms with Crippen LogP contribution in [0.1, 0.15) is 19.4 Å². The second kappa shape index (κ2) is 7.00. The maximum absolute atomic E-state index is 12.3.